The fourth-order valence-corrected chi connectivity index (χ4v) is 5.64. The Morgan fingerprint density at radius 3 is 2.60 bits per heavy atom. The molecule has 4 aromatic rings. The smallest absolute Gasteiger partial charge is 0.261 e. The summed E-state index contributed by atoms with van der Waals surface area (Å²) < 4.78 is 5.66. The number of halogens is 1. The molecule has 0 radical (unpaired) electrons. The van der Waals surface area contributed by atoms with Gasteiger partial charge in [0.1, 0.15) is 29.8 Å². The Morgan fingerprint density at radius 1 is 1.12 bits per heavy atom. The van der Waals surface area contributed by atoms with E-state index in [4.69, 9.17) is 16.3 Å². The summed E-state index contributed by atoms with van der Waals surface area (Å²) in [5.41, 5.74) is 2.87. The molecule has 0 spiro atoms. The van der Waals surface area contributed by atoms with E-state index >= 15 is 0 Å². The highest BCUT2D eigenvalue weighted by Crippen LogP contribution is 2.32. The molecule has 6 rings (SSSR count). The van der Waals surface area contributed by atoms with E-state index in [2.05, 4.69) is 25.2 Å². The topological polar surface area (TPSA) is 144 Å². The number of amides is 2. The van der Waals surface area contributed by atoms with Crippen molar-refractivity contribution in [2.75, 3.05) is 38.6 Å². The third-order valence-corrected chi connectivity index (χ3v) is 8.29. The Morgan fingerprint density at radius 2 is 1.86 bits per heavy atom. The Labute approximate surface area is 246 Å². The van der Waals surface area contributed by atoms with Gasteiger partial charge in [-0.25, -0.2) is 4.98 Å². The molecule has 1 atom stereocenters. The lowest BCUT2D eigenvalue weighted by Crippen LogP contribution is -2.46. The predicted molar refractivity (Wildman–Crippen MR) is 159 cm³/mol. The minimum Gasteiger partial charge on any atom is -0.491 e. The molecule has 2 amide bonds. The molecule has 2 aliphatic rings. The average Bonchev–Trinajstić information content (AvgIpc) is 3.49. The van der Waals surface area contributed by atoms with Crippen molar-refractivity contribution in [2.24, 2.45) is 0 Å². The van der Waals surface area contributed by atoms with Crippen LogP contribution in [-0.2, 0) is 0 Å². The number of aliphatic hydroxyl groups excluding tert-OH is 1. The first kappa shape index (κ1) is 28.0. The summed E-state index contributed by atoms with van der Waals surface area (Å²) in [6, 6.07) is 10.1. The minimum atomic E-state index is -0.889. The monoisotopic (exact) mass is 590 g/mol. The van der Waals surface area contributed by atoms with Crippen molar-refractivity contribution in [3.8, 4) is 17.1 Å². The zero-order valence-electron chi connectivity index (χ0n) is 23.2. The van der Waals surface area contributed by atoms with E-state index < -0.39 is 11.7 Å². The first-order valence-electron chi connectivity index (χ1n) is 13.8. The number of rotatable bonds is 8. The number of anilines is 1. The van der Waals surface area contributed by atoms with Crippen LogP contribution in [0.3, 0.4) is 0 Å². The van der Waals surface area contributed by atoms with Crippen LogP contribution in [0.1, 0.15) is 39.1 Å². The molecule has 0 saturated carbocycles. The molecule has 42 heavy (non-hydrogen) atoms. The summed E-state index contributed by atoms with van der Waals surface area (Å²) in [6.45, 7) is 3.66. The molecule has 2 aliphatic heterocycles. The van der Waals surface area contributed by atoms with Gasteiger partial charge in [-0.05, 0) is 75.8 Å². The number of pyridine rings is 1. The van der Waals surface area contributed by atoms with Crippen LogP contribution in [0.15, 0.2) is 47.4 Å². The van der Waals surface area contributed by atoms with E-state index in [1.54, 1.807) is 30.3 Å². The molecule has 218 valence electrons. The maximum Gasteiger partial charge on any atom is 0.261 e. The number of nitrogens with zero attached hydrogens (tertiary/aromatic N) is 3. The third-order valence-electron chi connectivity index (χ3n) is 7.88. The van der Waals surface area contributed by atoms with E-state index in [1.165, 1.54) is 11.1 Å². The van der Waals surface area contributed by atoms with E-state index in [1.807, 2.05) is 20.0 Å². The Bertz CT molecular complexity index is 1690. The lowest BCUT2D eigenvalue weighted by Gasteiger charge is -2.33. The van der Waals surface area contributed by atoms with Crippen LogP contribution in [0.4, 0.5) is 5.69 Å². The highest BCUT2D eigenvalue weighted by Gasteiger charge is 2.41. The van der Waals surface area contributed by atoms with Crippen LogP contribution in [-0.4, -0.2) is 87.1 Å². The van der Waals surface area contributed by atoms with Crippen molar-refractivity contribution in [2.45, 2.75) is 31.9 Å². The molecule has 4 heterocycles. The summed E-state index contributed by atoms with van der Waals surface area (Å²) in [6.07, 6.45) is 2.10. The first-order valence-corrected chi connectivity index (χ1v) is 14.2. The molecule has 2 aromatic carbocycles. The van der Waals surface area contributed by atoms with Gasteiger partial charge in [-0.3, -0.25) is 19.3 Å². The van der Waals surface area contributed by atoms with Gasteiger partial charge in [0.25, 0.3) is 17.4 Å². The van der Waals surface area contributed by atoms with Crippen LogP contribution in [0.2, 0.25) is 5.02 Å². The van der Waals surface area contributed by atoms with Gasteiger partial charge < -0.3 is 30.0 Å². The Balaban J connectivity index is 1.20. The number of imide groups is 1. The number of aliphatic hydroxyl groups is 1. The van der Waals surface area contributed by atoms with E-state index in [-0.39, 0.29) is 42.4 Å². The van der Waals surface area contributed by atoms with Crippen molar-refractivity contribution in [1.29, 1.82) is 0 Å². The summed E-state index contributed by atoms with van der Waals surface area (Å²) in [5, 5.41) is 14.2. The number of carbonyl (C=O) groups is 2. The van der Waals surface area contributed by atoms with Crippen molar-refractivity contribution >= 4 is 40.1 Å². The predicted octanol–water partition coefficient (Wildman–Crippen LogP) is 3.42. The summed E-state index contributed by atoms with van der Waals surface area (Å²) >= 11 is 6.14. The van der Waals surface area contributed by atoms with Crippen molar-refractivity contribution in [3.05, 3.63) is 74.7 Å². The maximum atomic E-state index is 13.3. The molecule has 0 bridgehead atoms. The summed E-state index contributed by atoms with van der Waals surface area (Å²) in [7, 11) is 2.03. The van der Waals surface area contributed by atoms with Crippen LogP contribution in [0, 0.1) is 6.92 Å². The number of ether oxygens (including phenoxy) is 1. The molecule has 11 nitrogen and oxygen atoms in total. The molecule has 0 aliphatic carbocycles. The number of likely N-dealkylation sites (tertiary alicyclic amines) is 1. The van der Waals surface area contributed by atoms with Crippen molar-refractivity contribution in [3.63, 3.8) is 0 Å². The van der Waals surface area contributed by atoms with Gasteiger partial charge in [0.15, 0.2) is 0 Å². The van der Waals surface area contributed by atoms with Crippen molar-refractivity contribution in [1.82, 2.24) is 24.8 Å². The molecule has 12 heteroatoms. The number of carbonyl (C=O) groups excluding carboxylic acids is 2. The number of aryl methyl sites for hydroxylation is 1. The van der Waals surface area contributed by atoms with Crippen LogP contribution >= 0.6 is 11.6 Å². The first-order chi connectivity index (χ1) is 20.2. The number of fused-ring (bicyclic) bond motifs is 2. The van der Waals surface area contributed by atoms with E-state index in [0.717, 1.165) is 31.5 Å². The van der Waals surface area contributed by atoms with Gasteiger partial charge >= 0.3 is 0 Å². The fraction of sp³-hybridized carbons (Fsp3) is 0.333. The van der Waals surface area contributed by atoms with Gasteiger partial charge in [-0.15, -0.1) is 0 Å². The molecular formula is C30H31ClN6O5. The summed E-state index contributed by atoms with van der Waals surface area (Å²) in [4.78, 5) is 53.5. The number of aromatic amines is 2. The number of hydrogen-bond donors (Lipinski definition) is 4. The zero-order valence-corrected chi connectivity index (χ0v) is 24.0. The normalized spacial score (nSPS) is 16.7. The van der Waals surface area contributed by atoms with Crippen LogP contribution in [0.25, 0.3) is 22.4 Å². The van der Waals surface area contributed by atoms with E-state index in [0.29, 0.717) is 38.6 Å². The van der Waals surface area contributed by atoms with Crippen LogP contribution < -0.4 is 15.6 Å². The number of hydrogen-bond acceptors (Lipinski definition) is 8. The van der Waals surface area contributed by atoms with Gasteiger partial charge in [-0.1, -0.05) is 17.7 Å². The van der Waals surface area contributed by atoms with Gasteiger partial charge in [0.05, 0.1) is 27.8 Å². The lowest BCUT2D eigenvalue weighted by atomic mass is 10.0. The second kappa shape index (κ2) is 11.2. The number of nitrogens with one attached hydrogen (secondary N) is 3. The molecule has 1 fully saturated rings. The number of imidazole rings is 1. The number of H-pyrrole nitrogens is 2. The molecule has 4 N–H and O–H groups in total. The highest BCUT2D eigenvalue weighted by molar-refractivity contribution is 6.31. The SMILES string of the molecule is Cc1ccc(OCC(O)CNc2cc[nH]c(=O)c2-c2nc3cc4c(cc3[nH]2)C(=O)N(C2CCN(C)CC2)C4=O)cc1Cl. The maximum absolute atomic E-state index is 13.3. The quantitative estimate of drug-likeness (QED) is 0.229. The van der Waals surface area contributed by atoms with E-state index in [9.17, 15) is 19.5 Å². The third kappa shape index (κ3) is 5.26. The second-order valence-corrected chi connectivity index (χ2v) is 11.3. The number of benzene rings is 2. The van der Waals surface area contributed by atoms with Crippen molar-refractivity contribution < 1.29 is 19.4 Å². The largest absolute Gasteiger partial charge is 0.491 e. The standard InChI is InChI=1S/C30H31ClN6O5/c1-16-3-4-19(11-22(16)31)42-15-18(38)14-33-23-5-8-32-28(39)26(23)27-34-24-12-20-21(13-25(24)35-27)30(41)37(29(20)40)17-6-9-36(2)10-7-17/h3-5,8,11-13,17-18,38H,6-7,9-10,14-15H2,1-2H3,(H,34,35)(H2,32,33,39). The lowest BCUT2D eigenvalue weighted by molar-refractivity contribution is 0.0516. The Kier molecular flexibility index (Phi) is 7.48. The molecule has 1 unspecified atom stereocenters. The van der Waals surface area contributed by atoms with Crippen LogP contribution in [0.5, 0.6) is 5.75 Å². The number of aromatic nitrogens is 3. The zero-order chi connectivity index (χ0) is 29.5. The number of piperidine rings is 1. The fourth-order valence-electron chi connectivity index (χ4n) is 5.47. The molecular weight excluding hydrogens is 560 g/mol. The van der Waals surface area contributed by atoms with Gasteiger partial charge in [0.2, 0.25) is 0 Å². The Hall–Kier alpha value is -4.19. The van der Waals surface area contributed by atoms with Gasteiger partial charge in [0, 0.05) is 23.8 Å². The molecule has 1 saturated heterocycles. The summed E-state index contributed by atoms with van der Waals surface area (Å²) in [5.74, 6) is 0.207. The average molecular weight is 591 g/mol. The van der Waals surface area contributed by atoms with Gasteiger partial charge in [-0.2, -0.15) is 0 Å². The second-order valence-electron chi connectivity index (χ2n) is 10.9. The minimum absolute atomic E-state index is 0.0116. The highest BCUT2D eigenvalue weighted by atomic mass is 35.5. The molecule has 2 aromatic heterocycles.